The molecule has 0 fully saturated rings. The summed E-state index contributed by atoms with van der Waals surface area (Å²) in [6.45, 7) is 0. The third-order valence-corrected chi connectivity index (χ3v) is 4.35. The minimum absolute atomic E-state index is 0.123. The number of rotatable bonds is 5. The lowest BCUT2D eigenvalue weighted by Gasteiger charge is -2.16. The smallest absolute Gasteiger partial charge is 0.418 e. The highest BCUT2D eigenvalue weighted by Gasteiger charge is 2.33. The van der Waals surface area contributed by atoms with Gasteiger partial charge in [0.25, 0.3) is 5.69 Å². The molecule has 31 heavy (non-hydrogen) atoms. The van der Waals surface area contributed by atoms with Gasteiger partial charge < -0.3 is 15.4 Å². The van der Waals surface area contributed by atoms with Crippen molar-refractivity contribution in [3.63, 3.8) is 0 Å². The molecule has 11 heteroatoms. The number of non-ortho nitro benzene ring substituents is 1. The van der Waals surface area contributed by atoms with Crippen molar-refractivity contribution < 1.29 is 22.8 Å². The van der Waals surface area contributed by atoms with Gasteiger partial charge in [0.15, 0.2) is 5.11 Å². The fourth-order valence-corrected chi connectivity index (χ4v) is 2.94. The Hall–Kier alpha value is -3.37. The first kappa shape index (κ1) is 22.3. The van der Waals surface area contributed by atoms with Gasteiger partial charge in [-0.3, -0.25) is 10.1 Å². The Morgan fingerprint density at radius 2 is 1.68 bits per heavy atom. The minimum atomic E-state index is -4.58. The zero-order chi connectivity index (χ0) is 22.6. The summed E-state index contributed by atoms with van der Waals surface area (Å²) in [6.07, 6.45) is -4.58. The van der Waals surface area contributed by atoms with E-state index in [0.29, 0.717) is 10.8 Å². The molecule has 0 aliphatic rings. The lowest BCUT2D eigenvalue weighted by atomic mass is 10.1. The van der Waals surface area contributed by atoms with Gasteiger partial charge in [-0.2, -0.15) is 13.2 Å². The number of para-hydroxylation sites is 1. The first-order valence-corrected chi connectivity index (χ1v) is 9.37. The number of halogens is 4. The second kappa shape index (κ2) is 9.19. The van der Waals surface area contributed by atoms with Crippen molar-refractivity contribution in [1.29, 1.82) is 0 Å². The Balaban J connectivity index is 1.82. The monoisotopic (exact) mass is 467 g/mol. The van der Waals surface area contributed by atoms with E-state index in [9.17, 15) is 23.3 Å². The lowest BCUT2D eigenvalue weighted by Crippen LogP contribution is -2.21. The summed E-state index contributed by atoms with van der Waals surface area (Å²) < 4.78 is 45.1. The molecule has 0 saturated carbocycles. The predicted molar refractivity (Wildman–Crippen MR) is 116 cm³/mol. The summed E-state index contributed by atoms with van der Waals surface area (Å²) >= 11 is 10.9. The Labute approximate surface area is 184 Å². The zero-order valence-corrected chi connectivity index (χ0v) is 17.0. The van der Waals surface area contributed by atoms with Crippen LogP contribution in [0, 0.1) is 10.1 Å². The normalized spacial score (nSPS) is 11.0. The molecular weight excluding hydrogens is 455 g/mol. The van der Waals surface area contributed by atoms with Crippen LogP contribution >= 0.6 is 23.8 Å². The number of nitro benzene ring substituents is 1. The fraction of sp³-hybridized carbons (Fsp3) is 0.0500. The van der Waals surface area contributed by atoms with E-state index in [1.54, 1.807) is 24.3 Å². The van der Waals surface area contributed by atoms with Gasteiger partial charge in [-0.1, -0.05) is 23.7 Å². The summed E-state index contributed by atoms with van der Waals surface area (Å²) in [7, 11) is 0. The maximum Gasteiger partial charge on any atom is 0.418 e. The standard InChI is InChI=1S/C20H13ClF3N3O3S/c21-12-5-7-15(8-6-12)30-16-10-13(9-14(11-16)27(28)29)25-19(31)26-18-4-2-1-3-17(18)20(22,23)24/h1-11H,(H2,25,26,31). The molecule has 0 atom stereocenters. The molecular formula is C20H13ClF3N3O3S. The van der Waals surface area contributed by atoms with E-state index in [1.807, 2.05) is 0 Å². The Morgan fingerprint density at radius 3 is 2.32 bits per heavy atom. The number of benzene rings is 3. The Kier molecular flexibility index (Phi) is 6.62. The molecule has 0 radical (unpaired) electrons. The van der Waals surface area contributed by atoms with E-state index in [-0.39, 0.29) is 27.9 Å². The van der Waals surface area contributed by atoms with Gasteiger partial charge in [-0.25, -0.2) is 0 Å². The van der Waals surface area contributed by atoms with E-state index < -0.39 is 16.7 Å². The van der Waals surface area contributed by atoms with Crippen molar-refractivity contribution in [2.75, 3.05) is 10.6 Å². The van der Waals surface area contributed by atoms with Crippen LogP contribution < -0.4 is 15.4 Å². The van der Waals surface area contributed by atoms with Crippen LogP contribution in [-0.4, -0.2) is 10.0 Å². The quantitative estimate of drug-likeness (QED) is 0.242. The lowest BCUT2D eigenvalue weighted by molar-refractivity contribution is -0.384. The molecule has 0 aliphatic heterocycles. The summed E-state index contributed by atoms with van der Waals surface area (Å²) in [4.78, 5) is 10.6. The molecule has 0 aromatic heterocycles. The first-order valence-electron chi connectivity index (χ1n) is 8.59. The van der Waals surface area contributed by atoms with Crippen LogP contribution in [0.15, 0.2) is 66.7 Å². The number of hydrogen-bond donors (Lipinski definition) is 2. The number of alkyl halides is 3. The van der Waals surface area contributed by atoms with Crippen LogP contribution in [-0.2, 0) is 6.18 Å². The number of nitro groups is 1. The molecule has 160 valence electrons. The average Bonchev–Trinajstić information content (AvgIpc) is 2.69. The van der Waals surface area contributed by atoms with Crippen molar-refractivity contribution in [3.8, 4) is 11.5 Å². The van der Waals surface area contributed by atoms with Crippen molar-refractivity contribution in [2.24, 2.45) is 0 Å². The SMILES string of the molecule is O=[N+]([O-])c1cc(NC(=S)Nc2ccccc2C(F)(F)F)cc(Oc2ccc(Cl)cc2)c1. The zero-order valence-electron chi connectivity index (χ0n) is 15.4. The molecule has 2 N–H and O–H groups in total. The largest absolute Gasteiger partial charge is 0.457 e. The van der Waals surface area contributed by atoms with Gasteiger partial charge in [0, 0.05) is 17.2 Å². The number of ether oxygens (including phenoxy) is 1. The van der Waals surface area contributed by atoms with E-state index in [4.69, 9.17) is 28.6 Å². The Bertz CT molecular complexity index is 1120. The molecule has 0 bridgehead atoms. The van der Waals surface area contributed by atoms with Crippen molar-refractivity contribution in [3.05, 3.63) is 87.4 Å². The molecule has 0 amide bonds. The number of hydrogen-bond acceptors (Lipinski definition) is 4. The van der Waals surface area contributed by atoms with E-state index in [0.717, 1.165) is 6.07 Å². The van der Waals surface area contributed by atoms with Crippen LogP contribution in [0.1, 0.15) is 5.56 Å². The van der Waals surface area contributed by atoms with Crippen molar-refractivity contribution >= 4 is 46.0 Å². The van der Waals surface area contributed by atoms with Crippen LogP contribution in [0.25, 0.3) is 0 Å². The Morgan fingerprint density at radius 1 is 1.00 bits per heavy atom. The predicted octanol–water partition coefficient (Wildman–Crippen LogP) is 6.87. The van der Waals surface area contributed by atoms with Crippen molar-refractivity contribution in [1.82, 2.24) is 0 Å². The molecule has 6 nitrogen and oxygen atoms in total. The van der Waals surface area contributed by atoms with Crippen LogP contribution in [0.3, 0.4) is 0 Å². The highest BCUT2D eigenvalue weighted by Crippen LogP contribution is 2.35. The fourth-order valence-electron chi connectivity index (χ4n) is 2.58. The topological polar surface area (TPSA) is 76.4 Å². The second-order valence-electron chi connectivity index (χ2n) is 6.15. The maximum absolute atomic E-state index is 13.1. The molecule has 0 unspecified atom stereocenters. The molecule has 0 saturated heterocycles. The maximum atomic E-state index is 13.1. The van der Waals surface area contributed by atoms with E-state index in [2.05, 4.69) is 10.6 Å². The molecule has 3 aromatic rings. The molecule has 0 heterocycles. The number of anilines is 2. The third-order valence-electron chi connectivity index (χ3n) is 3.89. The summed E-state index contributed by atoms with van der Waals surface area (Å²) in [6, 6.07) is 14.9. The number of nitrogens with zero attached hydrogens (tertiary/aromatic N) is 1. The molecule has 0 spiro atoms. The summed E-state index contributed by atoms with van der Waals surface area (Å²) in [5.41, 5.74) is -1.30. The van der Waals surface area contributed by atoms with Crippen molar-refractivity contribution in [2.45, 2.75) is 6.18 Å². The molecule has 0 aliphatic carbocycles. The second-order valence-corrected chi connectivity index (χ2v) is 7.00. The number of nitrogens with one attached hydrogen (secondary N) is 2. The average molecular weight is 468 g/mol. The first-order chi connectivity index (χ1) is 14.6. The summed E-state index contributed by atoms with van der Waals surface area (Å²) in [5.74, 6) is 0.508. The van der Waals surface area contributed by atoms with E-state index in [1.165, 1.54) is 36.4 Å². The van der Waals surface area contributed by atoms with Gasteiger partial charge in [-0.15, -0.1) is 0 Å². The minimum Gasteiger partial charge on any atom is -0.457 e. The highest BCUT2D eigenvalue weighted by atomic mass is 35.5. The summed E-state index contributed by atoms with van der Waals surface area (Å²) in [5, 5.41) is 16.7. The van der Waals surface area contributed by atoms with E-state index >= 15 is 0 Å². The number of thiocarbonyl (C=S) groups is 1. The molecule has 3 aromatic carbocycles. The molecule has 3 rings (SSSR count). The van der Waals surface area contributed by atoms with Crippen LogP contribution in [0.4, 0.5) is 30.2 Å². The van der Waals surface area contributed by atoms with Crippen LogP contribution in [0.2, 0.25) is 5.02 Å². The highest BCUT2D eigenvalue weighted by molar-refractivity contribution is 7.80. The van der Waals surface area contributed by atoms with Gasteiger partial charge in [0.05, 0.1) is 27.9 Å². The van der Waals surface area contributed by atoms with Gasteiger partial charge >= 0.3 is 6.18 Å². The van der Waals surface area contributed by atoms with Gasteiger partial charge in [0.2, 0.25) is 0 Å². The van der Waals surface area contributed by atoms with Gasteiger partial charge in [0.1, 0.15) is 11.5 Å². The third kappa shape index (κ3) is 6.06. The van der Waals surface area contributed by atoms with Crippen LogP contribution in [0.5, 0.6) is 11.5 Å². The van der Waals surface area contributed by atoms with Gasteiger partial charge in [-0.05, 0) is 48.6 Å².